The Bertz CT molecular complexity index is 746. The molecule has 7 nitrogen and oxygen atoms in total. The van der Waals surface area contributed by atoms with E-state index in [2.05, 4.69) is 46.8 Å². The van der Waals surface area contributed by atoms with E-state index in [0.29, 0.717) is 13.2 Å². The smallest absolute Gasteiger partial charge is 0.191 e. The van der Waals surface area contributed by atoms with Crippen molar-refractivity contribution in [1.29, 1.82) is 0 Å². The van der Waals surface area contributed by atoms with Crippen LogP contribution in [0.3, 0.4) is 0 Å². The van der Waals surface area contributed by atoms with Crippen LogP contribution in [0, 0.1) is 0 Å². The highest BCUT2D eigenvalue weighted by molar-refractivity contribution is 5.79. The van der Waals surface area contributed by atoms with Crippen molar-refractivity contribution < 1.29 is 14.2 Å². The number of methoxy groups -OCH3 is 2. The summed E-state index contributed by atoms with van der Waals surface area (Å²) >= 11 is 0. The van der Waals surface area contributed by atoms with Crippen LogP contribution < -0.4 is 24.8 Å². The Morgan fingerprint density at radius 3 is 1.97 bits per heavy atom. The zero-order chi connectivity index (χ0) is 21.1. The molecule has 0 amide bonds. The molecule has 2 aromatic rings. The summed E-state index contributed by atoms with van der Waals surface area (Å²) in [6.07, 6.45) is 0. The van der Waals surface area contributed by atoms with Gasteiger partial charge in [-0.2, -0.15) is 0 Å². The van der Waals surface area contributed by atoms with Crippen molar-refractivity contribution in [3.63, 3.8) is 0 Å². The van der Waals surface area contributed by atoms with Gasteiger partial charge in [-0.3, -0.25) is 4.99 Å². The second-order valence-corrected chi connectivity index (χ2v) is 6.66. The third-order valence-corrected chi connectivity index (χ3v) is 4.53. The number of likely N-dealkylation sites (N-methyl/N-ethyl adjacent to an activating group) is 1. The van der Waals surface area contributed by atoms with Crippen LogP contribution in [0.4, 0.5) is 0 Å². The number of nitrogens with one attached hydrogen (secondary N) is 2. The molecule has 29 heavy (non-hydrogen) atoms. The van der Waals surface area contributed by atoms with Crippen LogP contribution in [-0.2, 0) is 0 Å². The molecule has 2 N–H and O–H groups in total. The van der Waals surface area contributed by atoms with Crippen LogP contribution in [-0.4, -0.2) is 65.9 Å². The first-order valence-electron chi connectivity index (χ1n) is 9.59. The van der Waals surface area contributed by atoms with E-state index in [0.717, 1.165) is 29.8 Å². The molecule has 2 rings (SSSR count). The molecule has 1 atom stereocenters. The maximum absolute atomic E-state index is 5.73. The van der Waals surface area contributed by atoms with Crippen LogP contribution in [0.2, 0.25) is 0 Å². The molecule has 0 saturated heterocycles. The molecule has 0 saturated carbocycles. The first-order valence-corrected chi connectivity index (χ1v) is 9.59. The topological polar surface area (TPSA) is 67.4 Å². The Hall–Kier alpha value is -2.93. The highest BCUT2D eigenvalue weighted by atomic mass is 16.5. The molecule has 0 aliphatic heterocycles. The predicted octanol–water partition coefficient (Wildman–Crippen LogP) is 2.55. The van der Waals surface area contributed by atoms with Crippen molar-refractivity contribution in [3.8, 4) is 17.2 Å². The van der Waals surface area contributed by atoms with Gasteiger partial charge in [-0.25, -0.2) is 0 Å². The fourth-order valence-electron chi connectivity index (χ4n) is 2.85. The summed E-state index contributed by atoms with van der Waals surface area (Å²) in [5.41, 5.74) is 1.21. The van der Waals surface area contributed by atoms with E-state index in [1.165, 1.54) is 5.56 Å². The number of aliphatic imine (C=N–C) groups is 1. The van der Waals surface area contributed by atoms with Gasteiger partial charge >= 0.3 is 0 Å². The second-order valence-electron chi connectivity index (χ2n) is 6.66. The van der Waals surface area contributed by atoms with E-state index >= 15 is 0 Å². The molecule has 0 aromatic heterocycles. The molecule has 0 radical (unpaired) electrons. The van der Waals surface area contributed by atoms with Gasteiger partial charge < -0.3 is 29.7 Å². The van der Waals surface area contributed by atoms with Gasteiger partial charge in [0.15, 0.2) is 5.96 Å². The van der Waals surface area contributed by atoms with Crippen molar-refractivity contribution in [2.45, 2.75) is 6.04 Å². The molecule has 0 heterocycles. The zero-order valence-corrected chi connectivity index (χ0v) is 17.9. The molecular formula is C22H32N4O3. The van der Waals surface area contributed by atoms with Gasteiger partial charge in [-0.05, 0) is 56.1 Å². The highest BCUT2D eigenvalue weighted by Crippen LogP contribution is 2.20. The Balaban J connectivity index is 1.79. The Morgan fingerprint density at radius 1 is 0.897 bits per heavy atom. The number of rotatable bonds is 10. The van der Waals surface area contributed by atoms with Crippen LogP contribution in [0.5, 0.6) is 17.2 Å². The SMILES string of the molecule is CN=C(NCCOc1ccc(OC)cc1)NCC(c1ccc(OC)cc1)N(C)C. The minimum Gasteiger partial charge on any atom is -0.497 e. The summed E-state index contributed by atoms with van der Waals surface area (Å²) in [5, 5.41) is 6.66. The van der Waals surface area contributed by atoms with Gasteiger partial charge in [0.2, 0.25) is 0 Å². The Kier molecular flexibility index (Phi) is 9.11. The number of nitrogens with zero attached hydrogens (tertiary/aromatic N) is 2. The maximum Gasteiger partial charge on any atom is 0.191 e. The molecule has 0 bridgehead atoms. The molecular weight excluding hydrogens is 368 g/mol. The van der Waals surface area contributed by atoms with Crippen molar-refractivity contribution >= 4 is 5.96 Å². The molecule has 1 unspecified atom stereocenters. The van der Waals surface area contributed by atoms with E-state index in [9.17, 15) is 0 Å². The predicted molar refractivity (Wildman–Crippen MR) is 117 cm³/mol. The van der Waals surface area contributed by atoms with Crippen LogP contribution in [0.1, 0.15) is 11.6 Å². The third-order valence-electron chi connectivity index (χ3n) is 4.53. The van der Waals surface area contributed by atoms with E-state index in [4.69, 9.17) is 14.2 Å². The minimum atomic E-state index is 0.204. The van der Waals surface area contributed by atoms with E-state index < -0.39 is 0 Å². The fraction of sp³-hybridized carbons (Fsp3) is 0.409. The van der Waals surface area contributed by atoms with Gasteiger partial charge in [0.25, 0.3) is 0 Å². The lowest BCUT2D eigenvalue weighted by molar-refractivity contribution is 0.297. The molecule has 0 aliphatic rings. The highest BCUT2D eigenvalue weighted by Gasteiger charge is 2.14. The molecule has 158 valence electrons. The lowest BCUT2D eigenvalue weighted by atomic mass is 10.1. The summed E-state index contributed by atoms with van der Waals surface area (Å²) in [4.78, 5) is 6.47. The number of guanidine groups is 1. The van der Waals surface area contributed by atoms with Gasteiger partial charge in [0.1, 0.15) is 23.9 Å². The molecule has 0 spiro atoms. The van der Waals surface area contributed by atoms with Crippen LogP contribution >= 0.6 is 0 Å². The quantitative estimate of drug-likeness (QED) is 0.363. The van der Waals surface area contributed by atoms with Gasteiger partial charge in [-0.1, -0.05) is 12.1 Å². The standard InChI is InChI=1S/C22H32N4O3/c1-23-22(24-14-15-29-20-12-10-19(28-5)11-13-20)25-16-21(26(2)3)17-6-8-18(27-4)9-7-17/h6-13,21H,14-16H2,1-5H3,(H2,23,24,25). The first-order chi connectivity index (χ1) is 14.1. The molecule has 0 aliphatic carbocycles. The fourth-order valence-corrected chi connectivity index (χ4v) is 2.85. The Morgan fingerprint density at radius 2 is 1.45 bits per heavy atom. The average Bonchev–Trinajstić information content (AvgIpc) is 2.76. The average molecular weight is 401 g/mol. The number of hydrogen-bond acceptors (Lipinski definition) is 5. The second kappa shape index (κ2) is 11.8. The van der Waals surface area contributed by atoms with E-state index in [1.54, 1.807) is 21.3 Å². The molecule has 7 heteroatoms. The van der Waals surface area contributed by atoms with Crippen molar-refractivity contribution in [1.82, 2.24) is 15.5 Å². The lowest BCUT2D eigenvalue weighted by Gasteiger charge is -2.26. The summed E-state index contributed by atoms with van der Waals surface area (Å²) in [6.45, 7) is 1.89. The minimum absolute atomic E-state index is 0.204. The van der Waals surface area contributed by atoms with Crippen molar-refractivity contribution in [2.75, 3.05) is 55.1 Å². The zero-order valence-electron chi connectivity index (χ0n) is 17.9. The van der Waals surface area contributed by atoms with Crippen LogP contribution in [0.15, 0.2) is 53.5 Å². The first kappa shape index (κ1) is 22.4. The van der Waals surface area contributed by atoms with E-state index in [1.807, 2.05) is 36.4 Å². The van der Waals surface area contributed by atoms with Crippen molar-refractivity contribution in [3.05, 3.63) is 54.1 Å². The third kappa shape index (κ3) is 7.19. The summed E-state index contributed by atoms with van der Waals surface area (Å²) in [7, 11) is 9.21. The van der Waals surface area contributed by atoms with Gasteiger partial charge in [0.05, 0.1) is 26.8 Å². The summed E-state index contributed by atoms with van der Waals surface area (Å²) in [6, 6.07) is 15.9. The summed E-state index contributed by atoms with van der Waals surface area (Å²) < 4.78 is 16.1. The lowest BCUT2D eigenvalue weighted by Crippen LogP contribution is -2.43. The van der Waals surface area contributed by atoms with Crippen LogP contribution in [0.25, 0.3) is 0 Å². The number of ether oxygens (including phenoxy) is 3. The van der Waals surface area contributed by atoms with Gasteiger partial charge in [-0.15, -0.1) is 0 Å². The number of hydrogen-bond donors (Lipinski definition) is 2. The molecule has 0 fully saturated rings. The molecule has 2 aromatic carbocycles. The Labute approximate surface area is 173 Å². The largest absolute Gasteiger partial charge is 0.497 e. The van der Waals surface area contributed by atoms with E-state index in [-0.39, 0.29) is 6.04 Å². The van der Waals surface area contributed by atoms with Gasteiger partial charge in [0, 0.05) is 13.6 Å². The summed E-state index contributed by atoms with van der Waals surface area (Å²) in [5.74, 6) is 3.22. The maximum atomic E-state index is 5.73. The van der Waals surface area contributed by atoms with Crippen molar-refractivity contribution in [2.24, 2.45) is 4.99 Å². The number of benzene rings is 2. The normalized spacial score (nSPS) is 12.4. The monoisotopic (exact) mass is 400 g/mol.